The third-order valence-corrected chi connectivity index (χ3v) is 1.98. The van der Waals surface area contributed by atoms with E-state index >= 15 is 0 Å². The van der Waals surface area contributed by atoms with Crippen LogP contribution in [0.5, 0.6) is 0 Å². The molecule has 0 aromatic heterocycles. The van der Waals surface area contributed by atoms with Crippen LogP contribution in [0.25, 0.3) is 0 Å². The molecule has 0 N–H and O–H groups in total. The van der Waals surface area contributed by atoms with Crippen LogP contribution in [0.15, 0.2) is 40.6 Å². The van der Waals surface area contributed by atoms with E-state index in [-0.39, 0.29) is 0 Å². The predicted octanol–water partition coefficient (Wildman–Crippen LogP) is 2.24. The first-order chi connectivity index (χ1) is 5.47. The van der Waals surface area contributed by atoms with E-state index in [0.29, 0.717) is 5.92 Å². The van der Waals surface area contributed by atoms with Gasteiger partial charge in [-0.05, 0) is 5.56 Å². The zero-order valence-electron chi connectivity index (χ0n) is 6.27. The fourth-order valence-electron chi connectivity index (χ4n) is 1.31. The van der Waals surface area contributed by atoms with Gasteiger partial charge in [-0.25, -0.2) is 0 Å². The predicted molar refractivity (Wildman–Crippen MR) is 43.8 cm³/mol. The van der Waals surface area contributed by atoms with Gasteiger partial charge in [0.2, 0.25) is 0 Å². The molecule has 1 aromatic rings. The summed E-state index contributed by atoms with van der Waals surface area (Å²) in [6, 6.07) is 10.4. The fraction of sp³-hybridized carbons (Fsp3) is 0.333. The zero-order chi connectivity index (χ0) is 7.52. The molecule has 11 heavy (non-hydrogen) atoms. The Morgan fingerprint density at radius 2 is 1.64 bits per heavy atom. The first-order valence-electron chi connectivity index (χ1n) is 3.85. The van der Waals surface area contributed by atoms with E-state index in [1.807, 2.05) is 6.07 Å². The Morgan fingerprint density at radius 3 is 2.27 bits per heavy atom. The van der Waals surface area contributed by atoms with Crippen molar-refractivity contribution in [3.05, 3.63) is 35.9 Å². The molecule has 0 atom stereocenters. The lowest BCUT2D eigenvalue weighted by atomic mass is 10.0. The highest BCUT2D eigenvalue weighted by Gasteiger charge is 2.13. The molecule has 2 nitrogen and oxygen atoms in total. The van der Waals surface area contributed by atoms with Gasteiger partial charge in [0.15, 0.2) is 0 Å². The minimum absolute atomic E-state index is 0.538. The van der Waals surface area contributed by atoms with Crippen LogP contribution in [-0.2, 0) is 0 Å². The lowest BCUT2D eigenvalue weighted by Gasteiger charge is -2.04. The Bertz CT molecular complexity index is 246. The first-order valence-corrected chi connectivity index (χ1v) is 3.85. The molecule has 0 unspecified atom stereocenters. The van der Waals surface area contributed by atoms with Gasteiger partial charge in [0.05, 0.1) is 13.1 Å². The van der Waals surface area contributed by atoms with Crippen LogP contribution in [0, 0.1) is 0 Å². The summed E-state index contributed by atoms with van der Waals surface area (Å²) in [6.45, 7) is 1.73. The van der Waals surface area contributed by atoms with Crippen molar-refractivity contribution in [2.24, 2.45) is 10.2 Å². The van der Waals surface area contributed by atoms with Gasteiger partial charge in [-0.15, -0.1) is 0 Å². The number of hydrogen-bond acceptors (Lipinski definition) is 2. The lowest BCUT2D eigenvalue weighted by Crippen LogP contribution is -2.00. The second kappa shape index (κ2) is 2.82. The van der Waals surface area contributed by atoms with Crippen LogP contribution in [0.1, 0.15) is 11.5 Å². The minimum atomic E-state index is 0.538. The molecule has 0 bridgehead atoms. The Balaban J connectivity index is 2.17. The standard InChI is InChI=1S/C9H10N2/c1-2-4-8(5-3-1)9-6-10-11-7-9/h1-5,9H,6-7H2. The fourth-order valence-corrected chi connectivity index (χ4v) is 1.31. The SMILES string of the molecule is c1ccc(C2CN=NC2)cc1. The topological polar surface area (TPSA) is 24.7 Å². The summed E-state index contributed by atoms with van der Waals surface area (Å²) in [5, 5.41) is 7.93. The Hall–Kier alpha value is -1.18. The third-order valence-electron chi connectivity index (χ3n) is 1.98. The number of benzene rings is 1. The second-order valence-electron chi connectivity index (χ2n) is 2.76. The van der Waals surface area contributed by atoms with Gasteiger partial charge >= 0.3 is 0 Å². The van der Waals surface area contributed by atoms with Crippen LogP contribution < -0.4 is 0 Å². The molecule has 1 aromatic carbocycles. The number of rotatable bonds is 1. The van der Waals surface area contributed by atoms with E-state index in [2.05, 4.69) is 34.5 Å². The lowest BCUT2D eigenvalue weighted by molar-refractivity contribution is 0.799. The normalized spacial score (nSPS) is 17.5. The molecule has 1 heterocycles. The maximum absolute atomic E-state index is 3.97. The average molecular weight is 146 g/mol. The molecule has 0 amide bonds. The van der Waals surface area contributed by atoms with E-state index in [4.69, 9.17) is 0 Å². The van der Waals surface area contributed by atoms with Crippen molar-refractivity contribution in [1.29, 1.82) is 0 Å². The van der Waals surface area contributed by atoms with Gasteiger partial charge in [0.25, 0.3) is 0 Å². The summed E-state index contributed by atoms with van der Waals surface area (Å²) >= 11 is 0. The molecule has 1 aliphatic rings. The van der Waals surface area contributed by atoms with E-state index < -0.39 is 0 Å². The second-order valence-corrected chi connectivity index (χ2v) is 2.76. The van der Waals surface area contributed by atoms with Crippen molar-refractivity contribution >= 4 is 0 Å². The molecular weight excluding hydrogens is 136 g/mol. The molecule has 0 saturated heterocycles. The van der Waals surface area contributed by atoms with Crippen molar-refractivity contribution in [3.8, 4) is 0 Å². The Labute approximate surface area is 66.0 Å². The van der Waals surface area contributed by atoms with Gasteiger partial charge in [-0.2, -0.15) is 10.2 Å². The monoisotopic (exact) mass is 146 g/mol. The van der Waals surface area contributed by atoms with Crippen molar-refractivity contribution in [3.63, 3.8) is 0 Å². The maximum Gasteiger partial charge on any atom is 0.0685 e. The molecular formula is C9H10N2. The van der Waals surface area contributed by atoms with Gasteiger partial charge < -0.3 is 0 Å². The van der Waals surface area contributed by atoms with Gasteiger partial charge in [-0.3, -0.25) is 0 Å². The number of hydrogen-bond donors (Lipinski definition) is 0. The Kier molecular flexibility index (Phi) is 1.68. The van der Waals surface area contributed by atoms with Crippen LogP contribution in [-0.4, -0.2) is 13.1 Å². The van der Waals surface area contributed by atoms with Gasteiger partial charge in [-0.1, -0.05) is 30.3 Å². The smallest absolute Gasteiger partial charge is 0.0685 e. The molecule has 1 aliphatic heterocycles. The van der Waals surface area contributed by atoms with Crippen molar-refractivity contribution in [1.82, 2.24) is 0 Å². The van der Waals surface area contributed by atoms with E-state index in [9.17, 15) is 0 Å². The van der Waals surface area contributed by atoms with Crippen molar-refractivity contribution < 1.29 is 0 Å². The Morgan fingerprint density at radius 1 is 1.00 bits per heavy atom. The summed E-state index contributed by atoms with van der Waals surface area (Å²) in [4.78, 5) is 0. The summed E-state index contributed by atoms with van der Waals surface area (Å²) in [7, 11) is 0. The highest BCUT2D eigenvalue weighted by atomic mass is 15.1. The molecule has 2 heteroatoms. The molecule has 0 spiro atoms. The largest absolute Gasteiger partial charge is 0.193 e. The summed E-state index contributed by atoms with van der Waals surface area (Å²) in [6.07, 6.45) is 0. The number of nitrogens with zero attached hydrogens (tertiary/aromatic N) is 2. The summed E-state index contributed by atoms with van der Waals surface area (Å²) in [5.41, 5.74) is 1.36. The molecule has 0 fully saturated rings. The van der Waals surface area contributed by atoms with Crippen molar-refractivity contribution in [2.45, 2.75) is 5.92 Å². The highest BCUT2D eigenvalue weighted by molar-refractivity contribution is 5.20. The van der Waals surface area contributed by atoms with E-state index in [0.717, 1.165) is 13.1 Å². The van der Waals surface area contributed by atoms with Gasteiger partial charge in [0.1, 0.15) is 0 Å². The minimum Gasteiger partial charge on any atom is -0.193 e. The van der Waals surface area contributed by atoms with Crippen LogP contribution in [0.4, 0.5) is 0 Å². The molecule has 0 aliphatic carbocycles. The molecule has 2 rings (SSSR count). The molecule has 0 saturated carbocycles. The van der Waals surface area contributed by atoms with Crippen molar-refractivity contribution in [2.75, 3.05) is 13.1 Å². The summed E-state index contributed by atoms with van der Waals surface area (Å²) in [5.74, 6) is 0.538. The average Bonchev–Trinajstić information content (AvgIpc) is 2.58. The highest BCUT2D eigenvalue weighted by Crippen LogP contribution is 2.20. The quantitative estimate of drug-likeness (QED) is 0.580. The maximum atomic E-state index is 3.97. The molecule has 0 radical (unpaired) electrons. The van der Waals surface area contributed by atoms with Crippen LogP contribution >= 0.6 is 0 Å². The van der Waals surface area contributed by atoms with Crippen LogP contribution in [0.2, 0.25) is 0 Å². The molecule has 56 valence electrons. The third kappa shape index (κ3) is 1.29. The van der Waals surface area contributed by atoms with E-state index in [1.165, 1.54) is 5.56 Å². The zero-order valence-corrected chi connectivity index (χ0v) is 6.27. The van der Waals surface area contributed by atoms with Crippen LogP contribution in [0.3, 0.4) is 0 Å². The summed E-state index contributed by atoms with van der Waals surface area (Å²) < 4.78 is 0. The van der Waals surface area contributed by atoms with Gasteiger partial charge in [0, 0.05) is 5.92 Å². The number of azo groups is 1. The first kappa shape index (κ1) is 6.53. The van der Waals surface area contributed by atoms with E-state index in [1.54, 1.807) is 0 Å².